The molecular weight excluding hydrogens is 481 g/mol. The summed E-state index contributed by atoms with van der Waals surface area (Å²) in [6, 6.07) is 13.9. The Hall–Kier alpha value is -2.23. The lowest BCUT2D eigenvalue weighted by atomic mass is 10.0. The molecular formula is C22H22IN3O3. The Morgan fingerprint density at radius 3 is 2.76 bits per heavy atom. The molecule has 2 heterocycles. The van der Waals surface area contributed by atoms with Crippen LogP contribution in [0.5, 0.6) is 5.88 Å². The van der Waals surface area contributed by atoms with Gasteiger partial charge in [0.05, 0.1) is 17.9 Å². The molecule has 0 spiro atoms. The number of β-amino-alcohol motifs (C(OH)–C–C–N with tert-alkyl or cyclic N) is 1. The van der Waals surface area contributed by atoms with Gasteiger partial charge in [-0.05, 0) is 77.9 Å². The Balaban J connectivity index is 1.62. The number of halogens is 1. The quantitative estimate of drug-likeness (QED) is 0.366. The molecule has 1 aliphatic rings. The number of nitrogens with one attached hydrogen (secondary N) is 1. The van der Waals surface area contributed by atoms with Crippen LogP contribution in [-0.2, 0) is 0 Å². The third kappa shape index (κ3) is 4.22. The predicted molar refractivity (Wildman–Crippen MR) is 123 cm³/mol. The molecule has 1 aromatic heterocycles. The molecule has 1 unspecified atom stereocenters. The van der Waals surface area contributed by atoms with E-state index < -0.39 is 0 Å². The summed E-state index contributed by atoms with van der Waals surface area (Å²) >= 11 is 2.18. The van der Waals surface area contributed by atoms with E-state index in [-0.39, 0.29) is 18.0 Å². The summed E-state index contributed by atoms with van der Waals surface area (Å²) < 4.78 is 0.975. The minimum atomic E-state index is -0.320. The number of nitrogens with zero attached hydrogens (tertiary/aromatic N) is 2. The molecule has 0 aliphatic carbocycles. The van der Waals surface area contributed by atoms with Gasteiger partial charge in [0.15, 0.2) is 0 Å². The molecule has 0 amide bonds. The molecule has 1 saturated heterocycles. The van der Waals surface area contributed by atoms with Crippen molar-refractivity contribution >= 4 is 45.3 Å². The van der Waals surface area contributed by atoms with Gasteiger partial charge >= 0.3 is 0 Å². The largest absolute Gasteiger partial charge is 0.494 e. The molecule has 2 aromatic carbocycles. The number of hydrogen-bond acceptors (Lipinski definition) is 5. The van der Waals surface area contributed by atoms with E-state index in [2.05, 4.69) is 49.6 Å². The Kier molecular flexibility index (Phi) is 5.98. The molecule has 1 fully saturated rings. The van der Waals surface area contributed by atoms with Crippen LogP contribution in [0.25, 0.3) is 10.8 Å². The average Bonchev–Trinajstić information content (AvgIpc) is 3.16. The first kappa shape index (κ1) is 20.1. The van der Waals surface area contributed by atoms with Gasteiger partial charge in [-0.25, -0.2) is 0 Å². The standard InChI is InChI=1S/C22H22IN3O3/c23-15-5-8-17-18(12-15)19(22(29)25-21(17)28)13-24-16-6-3-14(4-7-16)20-2-1-9-26(20)10-11-27/h3-8,12-13,20,27H,1-2,9-11H2,(H2,25,28,29). The molecule has 1 atom stereocenters. The molecule has 0 radical (unpaired) electrons. The number of pyridine rings is 1. The van der Waals surface area contributed by atoms with E-state index in [9.17, 15) is 15.0 Å². The van der Waals surface area contributed by atoms with E-state index >= 15 is 0 Å². The van der Waals surface area contributed by atoms with Crippen LogP contribution < -0.4 is 5.56 Å². The smallest absolute Gasteiger partial charge is 0.258 e. The highest BCUT2D eigenvalue weighted by molar-refractivity contribution is 14.1. The number of likely N-dealkylation sites (tertiary alicyclic amines) is 1. The molecule has 29 heavy (non-hydrogen) atoms. The van der Waals surface area contributed by atoms with Crippen molar-refractivity contribution in [3.05, 3.63) is 67.5 Å². The molecule has 0 bridgehead atoms. The van der Waals surface area contributed by atoms with E-state index in [1.807, 2.05) is 24.3 Å². The van der Waals surface area contributed by atoms with Crippen LogP contribution in [0.2, 0.25) is 0 Å². The van der Waals surface area contributed by atoms with Crippen LogP contribution in [0.3, 0.4) is 0 Å². The van der Waals surface area contributed by atoms with Gasteiger partial charge in [-0.15, -0.1) is 0 Å². The number of aromatic hydroxyl groups is 1. The fraction of sp³-hybridized carbons (Fsp3) is 0.273. The number of benzene rings is 2. The van der Waals surface area contributed by atoms with Gasteiger partial charge < -0.3 is 10.2 Å². The van der Waals surface area contributed by atoms with Gasteiger partial charge in [-0.1, -0.05) is 12.1 Å². The van der Waals surface area contributed by atoms with Crippen molar-refractivity contribution < 1.29 is 10.2 Å². The van der Waals surface area contributed by atoms with Crippen molar-refractivity contribution in [2.24, 2.45) is 4.99 Å². The second kappa shape index (κ2) is 8.64. The number of fused-ring (bicyclic) bond motifs is 1. The first-order valence-corrected chi connectivity index (χ1v) is 10.7. The highest BCUT2D eigenvalue weighted by atomic mass is 127. The monoisotopic (exact) mass is 503 g/mol. The first-order chi connectivity index (χ1) is 14.1. The van der Waals surface area contributed by atoms with Crippen molar-refractivity contribution in [2.45, 2.75) is 18.9 Å². The zero-order valence-electron chi connectivity index (χ0n) is 15.8. The molecule has 3 N–H and O–H groups in total. The summed E-state index contributed by atoms with van der Waals surface area (Å²) in [6.45, 7) is 1.89. The fourth-order valence-corrected chi connectivity index (χ4v) is 4.45. The lowest BCUT2D eigenvalue weighted by Crippen LogP contribution is -2.26. The van der Waals surface area contributed by atoms with E-state index in [0.717, 1.165) is 28.6 Å². The highest BCUT2D eigenvalue weighted by Crippen LogP contribution is 2.32. The Bertz CT molecular complexity index is 1110. The maximum absolute atomic E-state index is 12.1. The molecule has 1 aliphatic heterocycles. The van der Waals surface area contributed by atoms with Gasteiger partial charge in [0.1, 0.15) is 0 Å². The zero-order chi connectivity index (χ0) is 20.4. The molecule has 0 saturated carbocycles. The van der Waals surface area contributed by atoms with Crippen LogP contribution in [0.1, 0.15) is 30.0 Å². The van der Waals surface area contributed by atoms with Crippen molar-refractivity contribution in [1.29, 1.82) is 0 Å². The Morgan fingerprint density at radius 1 is 1.21 bits per heavy atom. The first-order valence-electron chi connectivity index (χ1n) is 9.60. The second-order valence-corrected chi connectivity index (χ2v) is 8.42. The predicted octanol–water partition coefficient (Wildman–Crippen LogP) is 3.72. The summed E-state index contributed by atoms with van der Waals surface area (Å²) in [4.78, 5) is 21.4. The molecule has 3 aromatic rings. The number of rotatable bonds is 5. The lowest BCUT2D eigenvalue weighted by Gasteiger charge is -2.23. The number of H-pyrrole nitrogens is 1. The van der Waals surface area contributed by atoms with Crippen LogP contribution in [0, 0.1) is 3.57 Å². The Labute approximate surface area is 182 Å². The van der Waals surface area contributed by atoms with Gasteiger partial charge in [0, 0.05) is 33.1 Å². The van der Waals surface area contributed by atoms with Crippen molar-refractivity contribution in [2.75, 3.05) is 19.7 Å². The van der Waals surface area contributed by atoms with Crippen LogP contribution in [-0.4, -0.2) is 46.0 Å². The molecule has 4 rings (SSSR count). The number of aliphatic imine (C=N–C) groups is 1. The summed E-state index contributed by atoms with van der Waals surface area (Å²) in [5.74, 6) is -0.185. The van der Waals surface area contributed by atoms with E-state index in [1.165, 1.54) is 5.56 Å². The molecule has 6 nitrogen and oxygen atoms in total. The second-order valence-electron chi connectivity index (χ2n) is 7.17. The number of aliphatic hydroxyl groups excluding tert-OH is 1. The fourth-order valence-electron chi connectivity index (χ4n) is 3.96. The third-order valence-corrected chi connectivity index (χ3v) is 6.05. The van der Waals surface area contributed by atoms with E-state index in [0.29, 0.717) is 28.9 Å². The van der Waals surface area contributed by atoms with Crippen molar-refractivity contribution in [3.63, 3.8) is 0 Å². The van der Waals surface area contributed by atoms with Crippen LogP contribution in [0.15, 0.2) is 52.3 Å². The van der Waals surface area contributed by atoms with Gasteiger partial charge in [-0.3, -0.25) is 19.7 Å². The maximum atomic E-state index is 12.1. The third-order valence-electron chi connectivity index (χ3n) is 5.37. The SMILES string of the molecule is O=c1[nH]c(O)c(C=Nc2ccc(C3CCCN3CCO)cc2)c2cc(I)ccc12. The maximum Gasteiger partial charge on any atom is 0.258 e. The minimum Gasteiger partial charge on any atom is -0.494 e. The van der Waals surface area contributed by atoms with E-state index in [4.69, 9.17) is 0 Å². The van der Waals surface area contributed by atoms with Gasteiger partial charge in [0.2, 0.25) is 5.88 Å². The zero-order valence-corrected chi connectivity index (χ0v) is 18.0. The normalized spacial score (nSPS) is 17.5. The van der Waals surface area contributed by atoms with Crippen LogP contribution in [0.4, 0.5) is 5.69 Å². The van der Waals surface area contributed by atoms with Crippen LogP contribution >= 0.6 is 22.6 Å². The summed E-state index contributed by atoms with van der Waals surface area (Å²) in [5.41, 5.74) is 2.16. The van der Waals surface area contributed by atoms with E-state index in [1.54, 1.807) is 12.3 Å². The van der Waals surface area contributed by atoms with Gasteiger partial charge in [0.25, 0.3) is 5.56 Å². The average molecular weight is 503 g/mol. The Morgan fingerprint density at radius 2 is 2.00 bits per heavy atom. The number of aromatic nitrogens is 1. The highest BCUT2D eigenvalue weighted by Gasteiger charge is 2.25. The minimum absolute atomic E-state index is 0.175. The molecule has 7 heteroatoms. The summed E-state index contributed by atoms with van der Waals surface area (Å²) in [5, 5.41) is 20.7. The molecule has 150 valence electrons. The summed E-state index contributed by atoms with van der Waals surface area (Å²) in [6.07, 6.45) is 3.83. The van der Waals surface area contributed by atoms with Crippen molar-refractivity contribution in [1.82, 2.24) is 9.88 Å². The van der Waals surface area contributed by atoms with Crippen molar-refractivity contribution in [3.8, 4) is 5.88 Å². The van der Waals surface area contributed by atoms with Gasteiger partial charge in [-0.2, -0.15) is 0 Å². The topological polar surface area (TPSA) is 88.9 Å². The number of hydrogen-bond donors (Lipinski definition) is 3. The number of aliphatic hydroxyl groups is 1. The summed E-state index contributed by atoms with van der Waals surface area (Å²) in [7, 11) is 0. The number of aromatic amines is 1. The lowest BCUT2D eigenvalue weighted by molar-refractivity contribution is 0.185.